The number of nitrogens with one attached hydrogen (secondary N) is 2. The van der Waals surface area contributed by atoms with Crippen molar-refractivity contribution >= 4 is 29.3 Å². The molecule has 7 nitrogen and oxygen atoms in total. The lowest BCUT2D eigenvalue weighted by atomic mass is 10.0. The van der Waals surface area contributed by atoms with E-state index in [4.69, 9.17) is 0 Å². The van der Waals surface area contributed by atoms with Crippen LogP contribution in [0.25, 0.3) is 0 Å². The number of rotatable bonds is 8. The summed E-state index contributed by atoms with van der Waals surface area (Å²) < 4.78 is 1.84. The average molecular weight is 452 g/mol. The Hall–Kier alpha value is -3.13. The summed E-state index contributed by atoms with van der Waals surface area (Å²) >= 11 is 1.31. The first-order valence-corrected chi connectivity index (χ1v) is 11.5. The molecule has 0 spiro atoms. The van der Waals surface area contributed by atoms with E-state index < -0.39 is 0 Å². The molecule has 0 saturated heterocycles. The predicted molar refractivity (Wildman–Crippen MR) is 128 cm³/mol. The maximum absolute atomic E-state index is 12.7. The number of amides is 2. The molecule has 0 saturated carbocycles. The molecular weight excluding hydrogens is 422 g/mol. The monoisotopic (exact) mass is 451 g/mol. The van der Waals surface area contributed by atoms with Crippen LogP contribution in [0, 0.1) is 19.8 Å². The molecule has 0 aliphatic rings. The lowest BCUT2D eigenvalue weighted by Gasteiger charge is -2.21. The first kappa shape index (κ1) is 23.5. The van der Waals surface area contributed by atoms with Crippen LogP contribution in [0.2, 0.25) is 0 Å². The molecule has 1 aromatic heterocycles. The van der Waals surface area contributed by atoms with Gasteiger partial charge in [-0.2, -0.15) is 0 Å². The number of aryl methyl sites for hydroxylation is 2. The van der Waals surface area contributed by atoms with Crippen LogP contribution in [0.3, 0.4) is 0 Å². The molecule has 2 aromatic carbocycles. The van der Waals surface area contributed by atoms with Crippen molar-refractivity contribution in [2.45, 2.75) is 38.9 Å². The number of thioether (sulfide) groups is 1. The zero-order valence-corrected chi connectivity index (χ0v) is 19.9. The highest BCUT2D eigenvalue weighted by atomic mass is 32.2. The largest absolute Gasteiger partial charge is 0.342 e. The molecule has 2 amide bonds. The molecule has 8 heteroatoms. The third-order valence-electron chi connectivity index (χ3n) is 5.26. The number of hydrogen-bond acceptors (Lipinski definition) is 5. The van der Waals surface area contributed by atoms with Crippen molar-refractivity contribution in [2.75, 3.05) is 11.1 Å². The number of hydrogen-bond donors (Lipinski definition) is 2. The summed E-state index contributed by atoms with van der Waals surface area (Å²) in [7, 11) is 1.85. The summed E-state index contributed by atoms with van der Waals surface area (Å²) in [6.07, 6.45) is 0. The van der Waals surface area contributed by atoms with E-state index in [1.165, 1.54) is 17.3 Å². The average Bonchev–Trinajstić information content (AvgIpc) is 3.13. The summed E-state index contributed by atoms with van der Waals surface area (Å²) in [6.45, 7) is 8.10. The van der Waals surface area contributed by atoms with Crippen LogP contribution >= 0.6 is 11.8 Å². The SMILES string of the molecule is Cc1ccc(NC(=O)CSc2nnc([C@@H](NC(=O)c3ccccc3)C(C)C)n2C)cc1C. The van der Waals surface area contributed by atoms with Gasteiger partial charge in [-0.15, -0.1) is 10.2 Å². The number of nitrogens with zero attached hydrogens (tertiary/aromatic N) is 3. The van der Waals surface area contributed by atoms with Crippen LogP contribution in [-0.4, -0.2) is 32.3 Å². The molecule has 0 unspecified atom stereocenters. The second-order valence-electron chi connectivity index (χ2n) is 8.10. The highest BCUT2D eigenvalue weighted by Gasteiger charge is 2.25. The van der Waals surface area contributed by atoms with E-state index in [1.807, 2.05) is 75.7 Å². The number of carbonyl (C=O) groups excluding carboxylic acids is 2. The first-order chi connectivity index (χ1) is 15.3. The Morgan fingerprint density at radius 2 is 1.75 bits per heavy atom. The zero-order chi connectivity index (χ0) is 23.3. The summed E-state index contributed by atoms with van der Waals surface area (Å²) in [5.74, 6) is 0.703. The van der Waals surface area contributed by atoms with Crippen LogP contribution in [-0.2, 0) is 11.8 Å². The Labute approximate surface area is 193 Å². The molecule has 0 bridgehead atoms. The quantitative estimate of drug-likeness (QED) is 0.499. The van der Waals surface area contributed by atoms with Gasteiger partial charge in [0.05, 0.1) is 11.8 Å². The third kappa shape index (κ3) is 5.76. The number of carbonyl (C=O) groups is 2. The fourth-order valence-corrected chi connectivity index (χ4v) is 3.93. The number of benzene rings is 2. The molecule has 0 aliphatic heterocycles. The molecule has 1 atom stereocenters. The Morgan fingerprint density at radius 3 is 2.41 bits per heavy atom. The molecule has 0 fully saturated rings. The molecule has 0 aliphatic carbocycles. The molecule has 168 valence electrons. The van der Waals surface area contributed by atoms with Gasteiger partial charge < -0.3 is 15.2 Å². The Kier molecular flexibility index (Phi) is 7.69. The Balaban J connectivity index is 1.65. The summed E-state index contributed by atoms with van der Waals surface area (Å²) in [6, 6.07) is 14.6. The van der Waals surface area contributed by atoms with Gasteiger partial charge in [-0.1, -0.05) is 49.9 Å². The fraction of sp³-hybridized carbons (Fsp3) is 0.333. The van der Waals surface area contributed by atoms with E-state index >= 15 is 0 Å². The topological polar surface area (TPSA) is 88.9 Å². The van der Waals surface area contributed by atoms with E-state index in [0.29, 0.717) is 16.5 Å². The van der Waals surface area contributed by atoms with Gasteiger partial charge in [0.15, 0.2) is 11.0 Å². The maximum atomic E-state index is 12.7. The van der Waals surface area contributed by atoms with Crippen LogP contribution in [0.1, 0.15) is 47.2 Å². The van der Waals surface area contributed by atoms with Gasteiger partial charge in [-0.3, -0.25) is 9.59 Å². The maximum Gasteiger partial charge on any atom is 0.251 e. The zero-order valence-electron chi connectivity index (χ0n) is 19.0. The van der Waals surface area contributed by atoms with Crippen LogP contribution in [0.15, 0.2) is 53.7 Å². The van der Waals surface area contributed by atoms with Gasteiger partial charge in [-0.25, -0.2) is 0 Å². The normalized spacial score (nSPS) is 11.9. The van der Waals surface area contributed by atoms with E-state index in [2.05, 4.69) is 20.8 Å². The van der Waals surface area contributed by atoms with Crippen LogP contribution < -0.4 is 10.6 Å². The van der Waals surface area contributed by atoms with Crippen molar-refractivity contribution in [2.24, 2.45) is 13.0 Å². The minimum Gasteiger partial charge on any atom is -0.342 e. The second-order valence-corrected chi connectivity index (χ2v) is 9.04. The molecule has 0 radical (unpaired) electrons. The molecule has 3 aromatic rings. The van der Waals surface area contributed by atoms with E-state index in [9.17, 15) is 9.59 Å². The molecule has 1 heterocycles. The highest BCUT2D eigenvalue weighted by Crippen LogP contribution is 2.24. The molecule has 32 heavy (non-hydrogen) atoms. The third-order valence-corrected chi connectivity index (χ3v) is 6.28. The predicted octanol–water partition coefficient (Wildman–Crippen LogP) is 4.29. The smallest absolute Gasteiger partial charge is 0.251 e. The van der Waals surface area contributed by atoms with Crippen molar-refractivity contribution in [3.63, 3.8) is 0 Å². The van der Waals surface area contributed by atoms with Crippen molar-refractivity contribution in [3.8, 4) is 0 Å². The van der Waals surface area contributed by atoms with Crippen molar-refractivity contribution in [1.29, 1.82) is 0 Å². The van der Waals surface area contributed by atoms with E-state index in [-0.39, 0.29) is 29.5 Å². The summed E-state index contributed by atoms with van der Waals surface area (Å²) in [4.78, 5) is 25.1. The van der Waals surface area contributed by atoms with Gasteiger partial charge in [0.2, 0.25) is 5.91 Å². The van der Waals surface area contributed by atoms with Gasteiger partial charge in [0, 0.05) is 18.3 Å². The van der Waals surface area contributed by atoms with Crippen molar-refractivity contribution in [3.05, 3.63) is 71.0 Å². The number of aromatic nitrogens is 3. The summed E-state index contributed by atoms with van der Waals surface area (Å²) in [5, 5.41) is 15.2. The molecule has 2 N–H and O–H groups in total. The van der Waals surface area contributed by atoms with Crippen molar-refractivity contribution < 1.29 is 9.59 Å². The minimum absolute atomic E-state index is 0.108. The second kappa shape index (κ2) is 10.5. The standard InChI is InChI=1S/C24H29N5O2S/c1-15(2)21(26-23(31)18-9-7-6-8-10-18)22-27-28-24(29(22)5)32-14-20(30)25-19-12-11-16(3)17(4)13-19/h6-13,15,21H,14H2,1-5H3,(H,25,30)(H,26,31)/t21-/m0/s1. The lowest BCUT2D eigenvalue weighted by molar-refractivity contribution is -0.113. The fourth-order valence-electron chi connectivity index (χ4n) is 3.21. The van der Waals surface area contributed by atoms with Crippen molar-refractivity contribution in [1.82, 2.24) is 20.1 Å². The van der Waals surface area contributed by atoms with Gasteiger partial charge in [0.1, 0.15) is 0 Å². The van der Waals surface area contributed by atoms with Gasteiger partial charge in [0.25, 0.3) is 5.91 Å². The molecule has 3 rings (SSSR count). The first-order valence-electron chi connectivity index (χ1n) is 10.5. The summed E-state index contributed by atoms with van der Waals surface area (Å²) in [5.41, 5.74) is 3.69. The van der Waals surface area contributed by atoms with E-state index in [0.717, 1.165) is 11.3 Å². The van der Waals surface area contributed by atoms with Gasteiger partial charge >= 0.3 is 0 Å². The Bertz CT molecular complexity index is 1100. The molecular formula is C24H29N5O2S. The van der Waals surface area contributed by atoms with E-state index in [1.54, 1.807) is 12.1 Å². The van der Waals surface area contributed by atoms with Gasteiger partial charge in [-0.05, 0) is 55.2 Å². The number of anilines is 1. The Morgan fingerprint density at radius 1 is 1.03 bits per heavy atom. The van der Waals surface area contributed by atoms with Crippen LogP contribution in [0.4, 0.5) is 5.69 Å². The highest BCUT2D eigenvalue weighted by molar-refractivity contribution is 7.99. The minimum atomic E-state index is -0.307. The lowest BCUT2D eigenvalue weighted by Crippen LogP contribution is -2.33. The van der Waals surface area contributed by atoms with Crippen LogP contribution in [0.5, 0.6) is 0 Å².